The molecule has 0 amide bonds. The van der Waals surface area contributed by atoms with Gasteiger partial charge in [0.1, 0.15) is 0 Å². The molecule has 2 nitrogen and oxygen atoms in total. The van der Waals surface area contributed by atoms with Gasteiger partial charge in [0.2, 0.25) is 0 Å². The van der Waals surface area contributed by atoms with E-state index in [1.807, 2.05) is 12.1 Å². The topological polar surface area (TPSA) is 18.5 Å². The van der Waals surface area contributed by atoms with E-state index in [1.165, 1.54) is 5.56 Å². The van der Waals surface area contributed by atoms with Crippen molar-refractivity contribution in [2.75, 3.05) is 0 Å². The van der Waals surface area contributed by atoms with Crippen molar-refractivity contribution in [3.8, 4) is 0 Å². The summed E-state index contributed by atoms with van der Waals surface area (Å²) < 4.78 is 13.3. The van der Waals surface area contributed by atoms with Gasteiger partial charge in [0.25, 0.3) is 0 Å². The van der Waals surface area contributed by atoms with E-state index in [2.05, 4.69) is 62.7 Å². The molecule has 98 valence electrons. The number of benzene rings is 1. The van der Waals surface area contributed by atoms with Gasteiger partial charge in [-0.25, -0.2) is 0 Å². The van der Waals surface area contributed by atoms with Gasteiger partial charge in [-0.05, 0) is 45.4 Å². The lowest BCUT2D eigenvalue weighted by Gasteiger charge is -2.32. The van der Waals surface area contributed by atoms with E-state index in [9.17, 15) is 0 Å². The maximum Gasteiger partial charge on any atom is 0.465 e. The molecule has 2 rings (SSSR count). The molecular weight excluding hydrogens is 291 g/mol. The number of hydrogen-bond donors (Lipinski definition) is 0. The molecular formula is C14H20BBrO2. The molecule has 1 aromatic carbocycles. The average molecular weight is 311 g/mol. The lowest BCUT2D eigenvalue weighted by molar-refractivity contribution is 0.00578. The van der Waals surface area contributed by atoms with Crippen LogP contribution in [0.3, 0.4) is 0 Å². The molecule has 0 spiro atoms. The van der Waals surface area contributed by atoms with Crippen molar-refractivity contribution in [3.63, 3.8) is 0 Å². The Morgan fingerprint density at radius 2 is 1.67 bits per heavy atom. The molecule has 1 fully saturated rings. The fraction of sp³-hybridized carbons (Fsp3) is 0.571. The molecule has 1 atom stereocenters. The first-order valence-corrected chi connectivity index (χ1v) is 7.13. The predicted molar refractivity (Wildman–Crippen MR) is 78.6 cm³/mol. The fourth-order valence-corrected chi connectivity index (χ4v) is 2.46. The van der Waals surface area contributed by atoms with E-state index in [1.54, 1.807) is 0 Å². The Hall–Kier alpha value is -0.315. The van der Waals surface area contributed by atoms with Crippen molar-refractivity contribution in [2.24, 2.45) is 0 Å². The minimum Gasteiger partial charge on any atom is -0.403 e. The number of halogens is 1. The quantitative estimate of drug-likeness (QED) is 0.763. The highest BCUT2D eigenvalue weighted by Crippen LogP contribution is 2.40. The molecule has 1 aliphatic heterocycles. The molecule has 1 saturated heterocycles. The van der Waals surface area contributed by atoms with Crippen LogP contribution < -0.4 is 0 Å². The summed E-state index contributed by atoms with van der Waals surface area (Å²) in [6.07, 6.45) is 0. The maximum absolute atomic E-state index is 6.08. The van der Waals surface area contributed by atoms with Crippen molar-refractivity contribution in [3.05, 3.63) is 34.3 Å². The van der Waals surface area contributed by atoms with E-state index in [4.69, 9.17) is 9.31 Å². The van der Waals surface area contributed by atoms with Gasteiger partial charge in [-0.15, -0.1) is 0 Å². The van der Waals surface area contributed by atoms with Crippen molar-refractivity contribution in [1.29, 1.82) is 0 Å². The normalized spacial score (nSPS) is 23.1. The third kappa shape index (κ3) is 2.51. The van der Waals surface area contributed by atoms with Crippen LogP contribution in [0.25, 0.3) is 0 Å². The van der Waals surface area contributed by atoms with Gasteiger partial charge in [0.15, 0.2) is 0 Å². The van der Waals surface area contributed by atoms with Gasteiger partial charge < -0.3 is 9.31 Å². The van der Waals surface area contributed by atoms with Crippen molar-refractivity contribution in [2.45, 2.75) is 51.6 Å². The van der Waals surface area contributed by atoms with Gasteiger partial charge >= 0.3 is 7.12 Å². The predicted octanol–water partition coefficient (Wildman–Crippen LogP) is 4.18. The second kappa shape index (κ2) is 4.66. The van der Waals surface area contributed by atoms with Crippen LogP contribution >= 0.6 is 15.9 Å². The second-order valence-corrected chi connectivity index (χ2v) is 6.88. The highest BCUT2D eigenvalue weighted by molar-refractivity contribution is 9.10. The van der Waals surface area contributed by atoms with Crippen molar-refractivity contribution in [1.82, 2.24) is 0 Å². The maximum atomic E-state index is 6.08. The summed E-state index contributed by atoms with van der Waals surface area (Å²) in [4.78, 5) is 0. The Morgan fingerprint density at radius 1 is 1.11 bits per heavy atom. The molecule has 18 heavy (non-hydrogen) atoms. The smallest absolute Gasteiger partial charge is 0.403 e. The van der Waals surface area contributed by atoms with Crippen LogP contribution in [0, 0.1) is 0 Å². The molecule has 1 aromatic rings. The van der Waals surface area contributed by atoms with Crippen LogP contribution in [0.4, 0.5) is 0 Å². The lowest BCUT2D eigenvalue weighted by Crippen LogP contribution is -2.41. The van der Waals surface area contributed by atoms with E-state index in [-0.39, 0.29) is 24.1 Å². The van der Waals surface area contributed by atoms with E-state index >= 15 is 0 Å². The summed E-state index contributed by atoms with van der Waals surface area (Å²) in [5, 5.41) is 0. The van der Waals surface area contributed by atoms with Gasteiger partial charge in [-0.3, -0.25) is 0 Å². The Labute approximate surface area is 118 Å². The highest BCUT2D eigenvalue weighted by Gasteiger charge is 2.52. The van der Waals surface area contributed by atoms with Crippen LogP contribution in [0.5, 0.6) is 0 Å². The largest absolute Gasteiger partial charge is 0.465 e. The number of hydrogen-bond acceptors (Lipinski definition) is 2. The highest BCUT2D eigenvalue weighted by atomic mass is 79.9. The SMILES string of the molecule is CC(B1OC(C)(C)C(C)(C)O1)c1cccc(Br)c1. The van der Waals surface area contributed by atoms with E-state index < -0.39 is 0 Å². The zero-order valence-corrected chi connectivity index (χ0v) is 13.2. The summed E-state index contributed by atoms with van der Waals surface area (Å²) in [7, 11) is -0.190. The minimum atomic E-state index is -0.266. The van der Waals surface area contributed by atoms with Crippen LogP contribution in [-0.4, -0.2) is 18.3 Å². The zero-order chi connectivity index (χ0) is 13.6. The fourth-order valence-electron chi connectivity index (χ4n) is 2.04. The van der Waals surface area contributed by atoms with Gasteiger partial charge in [0, 0.05) is 10.3 Å². The summed E-state index contributed by atoms with van der Waals surface area (Å²) in [6, 6.07) is 8.30. The summed E-state index contributed by atoms with van der Waals surface area (Å²) >= 11 is 3.50. The monoisotopic (exact) mass is 310 g/mol. The van der Waals surface area contributed by atoms with Crippen LogP contribution in [-0.2, 0) is 9.31 Å². The molecule has 1 aliphatic rings. The second-order valence-electron chi connectivity index (χ2n) is 5.97. The molecule has 0 aromatic heterocycles. The van der Waals surface area contributed by atoms with E-state index in [0.717, 1.165) is 4.47 Å². The average Bonchev–Trinajstić information content (AvgIpc) is 2.47. The van der Waals surface area contributed by atoms with E-state index in [0.29, 0.717) is 0 Å². The summed E-state index contributed by atoms with van der Waals surface area (Å²) in [6.45, 7) is 10.5. The minimum absolute atomic E-state index is 0.190. The Kier molecular flexibility index (Phi) is 3.65. The zero-order valence-electron chi connectivity index (χ0n) is 11.7. The Bertz CT molecular complexity index is 429. The van der Waals surface area contributed by atoms with Crippen molar-refractivity contribution < 1.29 is 9.31 Å². The van der Waals surface area contributed by atoms with Crippen molar-refractivity contribution >= 4 is 23.0 Å². The first-order valence-electron chi connectivity index (χ1n) is 6.34. The first-order chi connectivity index (χ1) is 8.23. The summed E-state index contributed by atoms with van der Waals surface area (Å²) in [5.41, 5.74) is 0.693. The van der Waals surface area contributed by atoms with Crippen LogP contribution in [0.1, 0.15) is 46.0 Å². The first kappa shape index (κ1) is 14.1. The van der Waals surface area contributed by atoms with Gasteiger partial charge in [0.05, 0.1) is 11.2 Å². The molecule has 0 radical (unpaired) electrons. The molecule has 1 unspecified atom stereocenters. The Morgan fingerprint density at radius 3 is 2.17 bits per heavy atom. The third-order valence-corrected chi connectivity index (χ3v) is 4.55. The molecule has 0 aliphatic carbocycles. The molecule has 0 N–H and O–H groups in total. The lowest BCUT2D eigenvalue weighted by atomic mass is 9.69. The van der Waals surface area contributed by atoms with Crippen LogP contribution in [0.2, 0.25) is 0 Å². The Balaban J connectivity index is 2.20. The molecule has 0 saturated carbocycles. The summed E-state index contributed by atoms with van der Waals surface area (Å²) in [5.74, 6) is 0.212. The van der Waals surface area contributed by atoms with Crippen LogP contribution in [0.15, 0.2) is 28.7 Å². The van der Waals surface area contributed by atoms with Gasteiger partial charge in [-0.1, -0.05) is 35.0 Å². The molecule has 4 heteroatoms. The number of rotatable bonds is 2. The molecule has 0 bridgehead atoms. The third-order valence-electron chi connectivity index (χ3n) is 4.05. The standard InChI is InChI=1S/C14H20BBrO2/c1-10(11-7-6-8-12(16)9-11)15-17-13(2,3)14(4,5)18-15/h6-10H,1-5H3. The molecule has 1 heterocycles. The van der Waals surface area contributed by atoms with Gasteiger partial charge in [-0.2, -0.15) is 0 Å².